The van der Waals surface area contributed by atoms with Crippen LogP contribution in [-0.2, 0) is 38.0 Å². The van der Waals surface area contributed by atoms with Crippen LogP contribution in [0.1, 0.15) is 81.2 Å². The third-order valence-electron chi connectivity index (χ3n) is 7.56. The van der Waals surface area contributed by atoms with Gasteiger partial charge in [0.25, 0.3) is 0 Å². The normalized spacial score (nSPS) is 18.8. The molecule has 2 aromatic carbocycles. The molecule has 1 heterocycles. The van der Waals surface area contributed by atoms with Crippen LogP contribution in [0.25, 0.3) is 0 Å². The number of esters is 1. The SMILES string of the molecule is CC1C(c2cc(C(F)(F)F)cc(C(F)(F)F)c2)OC(=O)N1Cc1cc(OC(F)(F)F)ccc1NC(=O)C1CCCCC1.CCOC(C)=O. The number of benzene rings is 2. The van der Waals surface area contributed by atoms with Gasteiger partial charge in [-0.3, -0.25) is 14.5 Å². The largest absolute Gasteiger partial charge is 0.573 e. The highest BCUT2D eigenvalue weighted by Gasteiger charge is 2.43. The maximum Gasteiger partial charge on any atom is 0.573 e. The van der Waals surface area contributed by atoms with Crippen LogP contribution in [0.15, 0.2) is 36.4 Å². The minimum atomic E-state index is -5.13. The van der Waals surface area contributed by atoms with E-state index in [1.807, 2.05) is 0 Å². The van der Waals surface area contributed by atoms with Gasteiger partial charge in [-0.25, -0.2) is 4.79 Å². The van der Waals surface area contributed by atoms with Crippen LogP contribution in [0.5, 0.6) is 5.75 Å². The molecule has 1 N–H and O–H groups in total. The van der Waals surface area contributed by atoms with E-state index in [0.717, 1.165) is 42.4 Å². The van der Waals surface area contributed by atoms with E-state index in [9.17, 15) is 53.9 Å². The fourth-order valence-electron chi connectivity index (χ4n) is 5.31. The molecule has 1 aliphatic carbocycles. The van der Waals surface area contributed by atoms with Gasteiger partial charge in [-0.15, -0.1) is 13.2 Å². The van der Waals surface area contributed by atoms with Gasteiger partial charge in [-0.1, -0.05) is 19.3 Å². The quantitative estimate of drug-likeness (QED) is 0.229. The lowest BCUT2D eigenvalue weighted by molar-refractivity contribution is -0.274. The van der Waals surface area contributed by atoms with Gasteiger partial charge in [0.05, 0.1) is 30.3 Å². The van der Waals surface area contributed by atoms with Crippen molar-refractivity contribution in [3.63, 3.8) is 0 Å². The number of ether oxygens (including phenoxy) is 3. The number of nitrogens with one attached hydrogen (secondary N) is 1. The van der Waals surface area contributed by atoms with Gasteiger partial charge in [-0.2, -0.15) is 26.3 Å². The predicted molar refractivity (Wildman–Crippen MR) is 151 cm³/mol. The summed E-state index contributed by atoms with van der Waals surface area (Å²) in [6.07, 6.45) is -14.2. The number of rotatable bonds is 7. The molecule has 1 saturated heterocycles. The van der Waals surface area contributed by atoms with Crippen molar-refractivity contribution in [3.05, 3.63) is 58.7 Å². The standard InChI is InChI=1S/C27H25F9N2O4.C4H8O2/c1-14-22(16-9-18(25(28,29)30)12-19(10-16)26(31,32)33)41-24(40)38(14)13-17-11-20(42-27(34,35)36)7-8-21(17)37-23(39)15-5-3-2-4-6-15;1-3-6-4(2)5/h7-12,14-15,22H,2-6,13H2,1H3,(H,37,39);3H2,1-2H3. The molecule has 0 bridgehead atoms. The Bertz CT molecular complexity index is 1420. The lowest BCUT2D eigenvalue weighted by atomic mass is 9.88. The van der Waals surface area contributed by atoms with Crippen molar-refractivity contribution in [2.24, 2.45) is 5.92 Å². The molecule has 2 amide bonds. The number of hydrogen-bond donors (Lipinski definition) is 1. The van der Waals surface area contributed by atoms with Crippen molar-refractivity contribution < 1.29 is 68.1 Å². The number of alkyl halides is 9. The Morgan fingerprint density at radius 2 is 1.50 bits per heavy atom. The van der Waals surface area contributed by atoms with Crippen LogP contribution in [-0.4, -0.2) is 41.9 Å². The summed E-state index contributed by atoms with van der Waals surface area (Å²) in [6, 6.07) is 2.73. The van der Waals surface area contributed by atoms with Crippen LogP contribution < -0.4 is 10.1 Å². The van der Waals surface area contributed by atoms with Gasteiger partial charge in [0.15, 0.2) is 0 Å². The van der Waals surface area contributed by atoms with Gasteiger partial charge in [0, 0.05) is 18.5 Å². The Hall–Kier alpha value is -4.18. The van der Waals surface area contributed by atoms with E-state index in [1.54, 1.807) is 6.92 Å². The first-order valence-corrected chi connectivity index (χ1v) is 14.8. The van der Waals surface area contributed by atoms with E-state index in [-0.39, 0.29) is 35.1 Å². The molecule has 48 heavy (non-hydrogen) atoms. The third kappa shape index (κ3) is 10.7. The average Bonchev–Trinajstić information content (AvgIpc) is 3.25. The minimum Gasteiger partial charge on any atom is -0.466 e. The molecular weight excluding hydrogens is 667 g/mol. The molecule has 2 aliphatic rings. The van der Waals surface area contributed by atoms with Crippen LogP contribution in [0, 0.1) is 5.92 Å². The summed E-state index contributed by atoms with van der Waals surface area (Å²) in [5.74, 6) is -1.59. The summed E-state index contributed by atoms with van der Waals surface area (Å²) < 4.78 is 133. The number of hydrogen-bond acceptors (Lipinski definition) is 6. The summed E-state index contributed by atoms with van der Waals surface area (Å²) in [6.45, 7) is 4.45. The number of carbonyl (C=O) groups excluding carboxylic acids is 3. The topological polar surface area (TPSA) is 94.2 Å². The van der Waals surface area contributed by atoms with Crippen molar-refractivity contribution in [2.45, 2.75) is 90.3 Å². The molecule has 8 nitrogen and oxygen atoms in total. The number of nitrogens with zero attached hydrogens (tertiary/aromatic N) is 1. The smallest absolute Gasteiger partial charge is 0.466 e. The van der Waals surface area contributed by atoms with Gasteiger partial charge in [-0.05, 0) is 74.2 Å². The zero-order chi connectivity index (χ0) is 36.0. The zero-order valence-corrected chi connectivity index (χ0v) is 25.9. The second kappa shape index (κ2) is 15.4. The second-order valence-corrected chi connectivity index (χ2v) is 11.1. The maximum absolute atomic E-state index is 13.4. The number of cyclic esters (lactones) is 1. The molecule has 2 aromatic rings. The first kappa shape index (κ1) is 38.3. The molecule has 0 spiro atoms. The van der Waals surface area contributed by atoms with Crippen LogP contribution in [0.4, 0.5) is 50.0 Å². The Morgan fingerprint density at radius 1 is 0.917 bits per heavy atom. The summed E-state index contributed by atoms with van der Waals surface area (Å²) >= 11 is 0. The summed E-state index contributed by atoms with van der Waals surface area (Å²) in [4.78, 5) is 36.4. The molecule has 266 valence electrons. The lowest BCUT2D eigenvalue weighted by Gasteiger charge is -2.25. The van der Waals surface area contributed by atoms with Crippen molar-refractivity contribution in [3.8, 4) is 5.75 Å². The van der Waals surface area contributed by atoms with Crippen molar-refractivity contribution >= 4 is 23.7 Å². The Balaban J connectivity index is 0.000000952. The van der Waals surface area contributed by atoms with Gasteiger partial charge in [0.2, 0.25) is 5.91 Å². The van der Waals surface area contributed by atoms with Crippen molar-refractivity contribution in [1.82, 2.24) is 4.90 Å². The maximum atomic E-state index is 13.4. The molecular formula is C31H33F9N2O6. The van der Waals surface area contributed by atoms with Crippen LogP contribution in [0.2, 0.25) is 0 Å². The summed E-state index contributed by atoms with van der Waals surface area (Å²) in [7, 11) is 0. The molecule has 4 rings (SSSR count). The summed E-state index contributed by atoms with van der Waals surface area (Å²) in [5.41, 5.74) is -3.73. The van der Waals surface area contributed by atoms with E-state index in [1.165, 1.54) is 13.8 Å². The molecule has 1 aliphatic heterocycles. The summed E-state index contributed by atoms with van der Waals surface area (Å²) in [5, 5.41) is 2.66. The Morgan fingerprint density at radius 3 is 1.98 bits per heavy atom. The molecule has 2 atom stereocenters. The van der Waals surface area contributed by atoms with Crippen LogP contribution >= 0.6 is 0 Å². The molecule has 0 radical (unpaired) electrons. The van der Waals surface area contributed by atoms with Crippen molar-refractivity contribution in [2.75, 3.05) is 11.9 Å². The van der Waals surface area contributed by atoms with E-state index in [4.69, 9.17) is 4.74 Å². The molecule has 2 unspecified atom stereocenters. The number of anilines is 1. The highest BCUT2D eigenvalue weighted by atomic mass is 19.4. The minimum absolute atomic E-state index is 0.0228. The average molecular weight is 701 g/mol. The van der Waals surface area contributed by atoms with Gasteiger partial charge < -0.3 is 19.5 Å². The molecule has 2 fully saturated rings. The van der Waals surface area contributed by atoms with E-state index in [0.29, 0.717) is 31.6 Å². The first-order valence-electron chi connectivity index (χ1n) is 14.8. The van der Waals surface area contributed by atoms with Crippen molar-refractivity contribution in [1.29, 1.82) is 0 Å². The molecule has 17 heteroatoms. The third-order valence-corrected chi connectivity index (χ3v) is 7.56. The fourth-order valence-corrected chi connectivity index (χ4v) is 5.31. The first-order chi connectivity index (χ1) is 22.2. The van der Waals surface area contributed by atoms with Gasteiger partial charge >= 0.3 is 30.8 Å². The highest BCUT2D eigenvalue weighted by molar-refractivity contribution is 5.93. The number of carbonyl (C=O) groups is 3. The van der Waals surface area contributed by atoms with E-state index < -0.39 is 65.9 Å². The van der Waals surface area contributed by atoms with E-state index >= 15 is 0 Å². The second-order valence-electron chi connectivity index (χ2n) is 11.1. The monoisotopic (exact) mass is 700 g/mol. The number of amides is 2. The lowest BCUT2D eigenvalue weighted by Crippen LogP contribution is -2.32. The van der Waals surface area contributed by atoms with Crippen LogP contribution in [0.3, 0.4) is 0 Å². The Labute approximate surface area is 269 Å². The highest BCUT2D eigenvalue weighted by Crippen LogP contribution is 2.41. The molecule has 0 aromatic heterocycles. The van der Waals surface area contributed by atoms with E-state index in [2.05, 4.69) is 14.8 Å². The predicted octanol–water partition coefficient (Wildman–Crippen LogP) is 8.79. The zero-order valence-electron chi connectivity index (χ0n) is 25.9. The Kier molecular flexibility index (Phi) is 12.2. The van der Waals surface area contributed by atoms with Gasteiger partial charge in [0.1, 0.15) is 11.9 Å². The molecule has 1 saturated carbocycles. The number of halogens is 9. The fraction of sp³-hybridized carbons (Fsp3) is 0.516.